The molecule has 0 aromatic heterocycles. The van der Waals surface area contributed by atoms with E-state index in [4.69, 9.17) is 9.88 Å². The largest absolute Gasteiger partial charge is 0.385 e. The standard InChI is InChI=1S/C21H28N2O3S/c1-20(2)16-21(13-15-26-20,17-6-4-3-5-7-17)12-14-23-18-8-10-19(11-9-18)27(22,24)25/h3-11,23H,12-16H2,1-2H3,(H2,22,24,25). The molecule has 2 aromatic rings. The van der Waals surface area contributed by atoms with Crippen LogP contribution >= 0.6 is 0 Å². The van der Waals surface area contributed by atoms with Crippen molar-refractivity contribution < 1.29 is 13.2 Å². The molecule has 1 saturated heterocycles. The molecule has 3 N–H and O–H groups in total. The van der Waals surface area contributed by atoms with E-state index in [1.807, 2.05) is 6.07 Å². The lowest BCUT2D eigenvalue weighted by Gasteiger charge is -2.45. The maximum absolute atomic E-state index is 11.4. The highest BCUT2D eigenvalue weighted by molar-refractivity contribution is 7.89. The fourth-order valence-corrected chi connectivity index (χ4v) is 4.60. The van der Waals surface area contributed by atoms with Crippen molar-refractivity contribution in [2.45, 2.75) is 49.0 Å². The summed E-state index contributed by atoms with van der Waals surface area (Å²) in [7, 11) is -3.66. The van der Waals surface area contributed by atoms with Gasteiger partial charge in [-0.05, 0) is 62.9 Å². The number of benzene rings is 2. The van der Waals surface area contributed by atoms with Crippen LogP contribution in [-0.2, 0) is 20.2 Å². The minimum absolute atomic E-state index is 0.0660. The zero-order chi connectivity index (χ0) is 19.5. The third-order valence-corrected chi connectivity index (χ3v) is 6.27. The fraction of sp³-hybridized carbons (Fsp3) is 0.429. The Labute approximate surface area is 162 Å². The molecule has 5 nitrogen and oxygen atoms in total. The van der Waals surface area contributed by atoms with Crippen molar-refractivity contribution in [2.24, 2.45) is 5.14 Å². The SMILES string of the molecule is CC1(C)CC(CCNc2ccc(S(N)(=O)=O)cc2)(c2ccccc2)CCO1. The maximum atomic E-state index is 11.4. The number of nitrogens with one attached hydrogen (secondary N) is 1. The Morgan fingerprint density at radius 3 is 2.33 bits per heavy atom. The van der Waals surface area contributed by atoms with Crippen molar-refractivity contribution in [1.29, 1.82) is 0 Å². The van der Waals surface area contributed by atoms with Crippen molar-refractivity contribution >= 4 is 15.7 Å². The molecule has 1 fully saturated rings. The predicted octanol–water partition coefficient (Wildman–Crippen LogP) is 3.66. The highest BCUT2D eigenvalue weighted by atomic mass is 32.2. The molecule has 27 heavy (non-hydrogen) atoms. The van der Waals surface area contributed by atoms with E-state index in [1.54, 1.807) is 12.1 Å². The summed E-state index contributed by atoms with van der Waals surface area (Å²) < 4.78 is 28.7. The first-order valence-electron chi connectivity index (χ1n) is 9.27. The van der Waals surface area contributed by atoms with Gasteiger partial charge in [-0.3, -0.25) is 0 Å². The molecule has 0 aliphatic carbocycles. The molecular weight excluding hydrogens is 360 g/mol. The monoisotopic (exact) mass is 388 g/mol. The molecule has 0 radical (unpaired) electrons. The lowest BCUT2D eigenvalue weighted by molar-refractivity contribution is -0.0834. The molecule has 146 valence electrons. The number of rotatable bonds is 6. The van der Waals surface area contributed by atoms with Crippen LogP contribution in [0.2, 0.25) is 0 Å². The van der Waals surface area contributed by atoms with Crippen LogP contribution in [0, 0.1) is 0 Å². The second-order valence-corrected chi connectivity index (χ2v) is 9.49. The zero-order valence-corrected chi connectivity index (χ0v) is 16.8. The summed E-state index contributed by atoms with van der Waals surface area (Å²) in [6, 6.07) is 17.2. The molecule has 1 unspecified atom stereocenters. The van der Waals surface area contributed by atoms with Crippen LogP contribution in [0.4, 0.5) is 5.69 Å². The first kappa shape index (κ1) is 19.9. The van der Waals surface area contributed by atoms with Crippen LogP contribution in [0.15, 0.2) is 59.5 Å². The van der Waals surface area contributed by atoms with Gasteiger partial charge in [0.1, 0.15) is 0 Å². The van der Waals surface area contributed by atoms with Gasteiger partial charge in [-0.25, -0.2) is 13.6 Å². The smallest absolute Gasteiger partial charge is 0.238 e. The van der Waals surface area contributed by atoms with Gasteiger partial charge >= 0.3 is 0 Å². The van der Waals surface area contributed by atoms with Gasteiger partial charge in [0.2, 0.25) is 10.0 Å². The Hall–Kier alpha value is -1.89. The van der Waals surface area contributed by atoms with E-state index in [9.17, 15) is 8.42 Å². The summed E-state index contributed by atoms with van der Waals surface area (Å²) in [5, 5.41) is 8.57. The summed E-state index contributed by atoms with van der Waals surface area (Å²) in [6.45, 7) is 5.86. The predicted molar refractivity (Wildman–Crippen MR) is 108 cm³/mol. The summed E-state index contributed by atoms with van der Waals surface area (Å²) in [6.07, 6.45) is 2.93. The van der Waals surface area contributed by atoms with Crippen LogP contribution in [-0.4, -0.2) is 27.2 Å². The molecule has 1 aliphatic rings. The summed E-state index contributed by atoms with van der Waals surface area (Å²) in [5.74, 6) is 0. The van der Waals surface area contributed by atoms with Crippen LogP contribution in [0.3, 0.4) is 0 Å². The van der Waals surface area contributed by atoms with E-state index in [2.05, 4.69) is 43.4 Å². The molecule has 1 aliphatic heterocycles. The molecule has 0 amide bonds. The van der Waals surface area contributed by atoms with Crippen molar-refractivity contribution in [3.63, 3.8) is 0 Å². The van der Waals surface area contributed by atoms with Crippen molar-refractivity contribution in [3.8, 4) is 0 Å². The van der Waals surface area contributed by atoms with Gasteiger partial charge in [0, 0.05) is 24.3 Å². The third kappa shape index (κ3) is 4.89. The number of hydrogen-bond acceptors (Lipinski definition) is 4. The highest BCUT2D eigenvalue weighted by Crippen LogP contribution is 2.43. The van der Waals surface area contributed by atoms with Crippen LogP contribution in [0.25, 0.3) is 0 Å². The number of ether oxygens (including phenoxy) is 1. The lowest BCUT2D eigenvalue weighted by Crippen LogP contribution is -2.44. The molecule has 6 heteroatoms. The van der Waals surface area contributed by atoms with E-state index in [0.29, 0.717) is 0 Å². The second kappa shape index (κ2) is 7.62. The van der Waals surface area contributed by atoms with Gasteiger partial charge in [0.05, 0.1) is 10.5 Å². The number of nitrogens with two attached hydrogens (primary N) is 1. The Morgan fingerprint density at radius 1 is 1.07 bits per heavy atom. The second-order valence-electron chi connectivity index (χ2n) is 7.93. The normalized spacial score (nSPS) is 22.3. The number of hydrogen-bond donors (Lipinski definition) is 2. The van der Waals surface area contributed by atoms with Crippen molar-refractivity contribution in [3.05, 3.63) is 60.2 Å². The van der Waals surface area contributed by atoms with E-state index in [0.717, 1.165) is 38.1 Å². The van der Waals surface area contributed by atoms with Gasteiger partial charge < -0.3 is 10.1 Å². The number of sulfonamides is 1. The van der Waals surface area contributed by atoms with Crippen LogP contribution < -0.4 is 10.5 Å². The lowest BCUT2D eigenvalue weighted by atomic mass is 9.67. The van der Waals surface area contributed by atoms with Crippen LogP contribution in [0.1, 0.15) is 38.7 Å². The minimum Gasteiger partial charge on any atom is -0.385 e. The number of anilines is 1. The fourth-order valence-electron chi connectivity index (χ4n) is 4.08. The molecule has 0 spiro atoms. The quantitative estimate of drug-likeness (QED) is 0.791. The molecule has 3 rings (SSSR count). The van der Waals surface area contributed by atoms with Gasteiger partial charge in [0.15, 0.2) is 0 Å². The van der Waals surface area contributed by atoms with Gasteiger partial charge in [-0.1, -0.05) is 30.3 Å². The summed E-state index contributed by atoms with van der Waals surface area (Å²) in [5.41, 5.74) is 2.16. The van der Waals surface area contributed by atoms with E-state index < -0.39 is 10.0 Å². The van der Waals surface area contributed by atoms with E-state index in [-0.39, 0.29) is 15.9 Å². The third-order valence-electron chi connectivity index (χ3n) is 5.34. The average Bonchev–Trinajstić information content (AvgIpc) is 2.61. The summed E-state index contributed by atoms with van der Waals surface area (Å²) in [4.78, 5) is 0.125. The molecule has 1 heterocycles. The first-order valence-corrected chi connectivity index (χ1v) is 10.8. The van der Waals surface area contributed by atoms with Crippen molar-refractivity contribution in [2.75, 3.05) is 18.5 Å². The molecule has 2 aromatic carbocycles. The Kier molecular flexibility index (Phi) is 5.60. The van der Waals surface area contributed by atoms with Crippen LogP contribution in [0.5, 0.6) is 0 Å². The maximum Gasteiger partial charge on any atom is 0.238 e. The molecule has 0 bridgehead atoms. The Balaban J connectivity index is 1.72. The highest BCUT2D eigenvalue weighted by Gasteiger charge is 2.41. The van der Waals surface area contributed by atoms with Gasteiger partial charge in [-0.15, -0.1) is 0 Å². The molecular formula is C21H28N2O3S. The minimum atomic E-state index is -3.66. The Bertz CT molecular complexity index is 864. The topological polar surface area (TPSA) is 81.4 Å². The number of primary sulfonamides is 1. The van der Waals surface area contributed by atoms with Crippen molar-refractivity contribution in [1.82, 2.24) is 0 Å². The van der Waals surface area contributed by atoms with Gasteiger partial charge in [0.25, 0.3) is 0 Å². The summed E-state index contributed by atoms with van der Waals surface area (Å²) >= 11 is 0. The average molecular weight is 389 g/mol. The van der Waals surface area contributed by atoms with E-state index in [1.165, 1.54) is 17.7 Å². The Morgan fingerprint density at radius 2 is 1.74 bits per heavy atom. The zero-order valence-electron chi connectivity index (χ0n) is 15.9. The van der Waals surface area contributed by atoms with Gasteiger partial charge in [-0.2, -0.15) is 0 Å². The molecule has 1 atom stereocenters. The van der Waals surface area contributed by atoms with E-state index >= 15 is 0 Å². The molecule has 0 saturated carbocycles. The first-order chi connectivity index (χ1) is 12.7.